The van der Waals surface area contributed by atoms with E-state index in [2.05, 4.69) is 0 Å². The molecular formula is C12H19FN2O2. The summed E-state index contributed by atoms with van der Waals surface area (Å²) in [5, 5.41) is 9.54. The quantitative estimate of drug-likeness (QED) is 0.726. The van der Waals surface area contributed by atoms with Gasteiger partial charge in [-0.2, -0.15) is 0 Å². The zero-order chi connectivity index (χ0) is 12.8. The SMILES string of the molecule is COCC(O)CN(C)Cc1cccc(N)c1F. The van der Waals surface area contributed by atoms with Crippen LogP contribution >= 0.6 is 0 Å². The molecule has 5 heteroatoms. The Bertz CT molecular complexity index is 360. The van der Waals surface area contributed by atoms with Crippen LogP contribution < -0.4 is 5.73 Å². The molecule has 0 aliphatic heterocycles. The number of methoxy groups -OCH3 is 1. The Morgan fingerprint density at radius 2 is 2.24 bits per heavy atom. The van der Waals surface area contributed by atoms with Gasteiger partial charge in [-0.1, -0.05) is 12.1 Å². The van der Waals surface area contributed by atoms with Crippen molar-refractivity contribution in [2.45, 2.75) is 12.6 Å². The Kier molecular flexibility index (Phi) is 5.34. The maximum absolute atomic E-state index is 13.6. The van der Waals surface area contributed by atoms with Crippen LogP contribution in [0.2, 0.25) is 0 Å². The van der Waals surface area contributed by atoms with Crippen LogP contribution in [0.1, 0.15) is 5.56 Å². The molecule has 1 rings (SSSR count). The summed E-state index contributed by atoms with van der Waals surface area (Å²) in [6.07, 6.45) is -0.575. The van der Waals surface area contributed by atoms with E-state index in [9.17, 15) is 9.50 Å². The molecule has 1 unspecified atom stereocenters. The smallest absolute Gasteiger partial charge is 0.150 e. The lowest BCUT2D eigenvalue weighted by Gasteiger charge is -2.20. The zero-order valence-corrected chi connectivity index (χ0v) is 10.2. The molecule has 0 spiro atoms. The second kappa shape index (κ2) is 6.54. The van der Waals surface area contributed by atoms with Crippen molar-refractivity contribution < 1.29 is 14.2 Å². The van der Waals surface area contributed by atoms with E-state index in [1.165, 1.54) is 13.2 Å². The number of anilines is 1. The fourth-order valence-electron chi connectivity index (χ4n) is 1.68. The molecule has 0 amide bonds. The number of hydrogen-bond donors (Lipinski definition) is 2. The topological polar surface area (TPSA) is 58.7 Å². The Morgan fingerprint density at radius 3 is 2.88 bits per heavy atom. The number of rotatable bonds is 6. The second-order valence-electron chi connectivity index (χ2n) is 4.13. The van der Waals surface area contributed by atoms with E-state index in [1.54, 1.807) is 12.1 Å². The largest absolute Gasteiger partial charge is 0.396 e. The van der Waals surface area contributed by atoms with Crippen LogP contribution in [0.5, 0.6) is 0 Å². The predicted molar refractivity (Wildman–Crippen MR) is 65.0 cm³/mol. The fraction of sp³-hybridized carbons (Fsp3) is 0.500. The molecule has 0 heterocycles. The van der Waals surface area contributed by atoms with Gasteiger partial charge in [-0.05, 0) is 13.1 Å². The standard InChI is InChI=1S/C12H19FN2O2/c1-15(7-10(16)8-17-2)6-9-4-3-5-11(14)12(9)13/h3-5,10,16H,6-8,14H2,1-2H3. The first-order valence-electron chi connectivity index (χ1n) is 5.43. The molecule has 1 aromatic carbocycles. The van der Waals surface area contributed by atoms with Gasteiger partial charge in [0.25, 0.3) is 0 Å². The number of nitrogen functional groups attached to an aromatic ring is 1. The molecule has 0 aliphatic rings. The summed E-state index contributed by atoms with van der Waals surface area (Å²) in [5.74, 6) is -0.388. The van der Waals surface area contributed by atoms with Crippen molar-refractivity contribution in [3.63, 3.8) is 0 Å². The van der Waals surface area contributed by atoms with Crippen molar-refractivity contribution in [1.82, 2.24) is 4.90 Å². The third-order valence-corrected chi connectivity index (χ3v) is 2.43. The normalized spacial score (nSPS) is 13.0. The van der Waals surface area contributed by atoms with Gasteiger partial charge in [0, 0.05) is 25.8 Å². The lowest BCUT2D eigenvalue weighted by atomic mass is 10.1. The van der Waals surface area contributed by atoms with Gasteiger partial charge in [0.05, 0.1) is 18.4 Å². The molecule has 4 nitrogen and oxygen atoms in total. The van der Waals surface area contributed by atoms with Gasteiger partial charge in [0.2, 0.25) is 0 Å². The summed E-state index contributed by atoms with van der Waals surface area (Å²) >= 11 is 0. The van der Waals surface area contributed by atoms with Gasteiger partial charge >= 0.3 is 0 Å². The van der Waals surface area contributed by atoms with E-state index in [-0.39, 0.29) is 18.1 Å². The molecule has 3 N–H and O–H groups in total. The second-order valence-corrected chi connectivity index (χ2v) is 4.13. The average molecular weight is 242 g/mol. The minimum Gasteiger partial charge on any atom is -0.396 e. The average Bonchev–Trinajstić information content (AvgIpc) is 2.25. The molecular weight excluding hydrogens is 223 g/mol. The lowest BCUT2D eigenvalue weighted by Crippen LogP contribution is -2.31. The highest BCUT2D eigenvalue weighted by atomic mass is 19.1. The van der Waals surface area contributed by atoms with Crippen molar-refractivity contribution >= 4 is 5.69 Å². The molecule has 0 fully saturated rings. The van der Waals surface area contributed by atoms with E-state index < -0.39 is 6.10 Å². The highest BCUT2D eigenvalue weighted by Gasteiger charge is 2.11. The maximum atomic E-state index is 13.6. The number of benzene rings is 1. The molecule has 1 aromatic rings. The number of halogens is 1. The van der Waals surface area contributed by atoms with Gasteiger partial charge in [-0.25, -0.2) is 4.39 Å². The third kappa shape index (κ3) is 4.30. The van der Waals surface area contributed by atoms with Gasteiger partial charge in [-0.3, -0.25) is 4.90 Å². The Labute approximate surface area is 101 Å². The molecule has 0 radical (unpaired) electrons. The van der Waals surface area contributed by atoms with Crippen LogP contribution in [0.25, 0.3) is 0 Å². The van der Waals surface area contributed by atoms with E-state index in [0.717, 1.165) is 0 Å². The molecule has 0 bridgehead atoms. The summed E-state index contributed by atoms with van der Waals surface area (Å²) in [4.78, 5) is 1.82. The van der Waals surface area contributed by atoms with Gasteiger partial charge < -0.3 is 15.6 Å². The Hall–Kier alpha value is -1.17. The van der Waals surface area contributed by atoms with Crippen LogP contribution in [-0.2, 0) is 11.3 Å². The summed E-state index contributed by atoms with van der Waals surface area (Å²) in [5.41, 5.74) is 6.15. The van der Waals surface area contributed by atoms with Gasteiger partial charge in [0.1, 0.15) is 0 Å². The summed E-state index contributed by atoms with van der Waals surface area (Å²) in [6.45, 7) is 1.09. The molecule has 0 saturated carbocycles. The van der Waals surface area contributed by atoms with Crippen molar-refractivity contribution in [1.29, 1.82) is 0 Å². The van der Waals surface area contributed by atoms with Crippen LogP contribution in [0.4, 0.5) is 10.1 Å². The number of hydrogen-bond acceptors (Lipinski definition) is 4. The molecule has 0 saturated heterocycles. The summed E-state index contributed by atoms with van der Waals surface area (Å²) in [6, 6.07) is 4.93. The monoisotopic (exact) mass is 242 g/mol. The third-order valence-electron chi connectivity index (χ3n) is 2.43. The Balaban J connectivity index is 2.56. The molecule has 96 valence electrons. The molecule has 1 atom stereocenters. The number of aliphatic hydroxyl groups is 1. The lowest BCUT2D eigenvalue weighted by molar-refractivity contribution is 0.0417. The van der Waals surface area contributed by atoms with Crippen LogP contribution in [0.15, 0.2) is 18.2 Å². The number of nitrogens with zero attached hydrogens (tertiary/aromatic N) is 1. The van der Waals surface area contributed by atoms with Crippen molar-refractivity contribution in [3.05, 3.63) is 29.6 Å². The van der Waals surface area contributed by atoms with Gasteiger partial charge in [0.15, 0.2) is 5.82 Å². The van der Waals surface area contributed by atoms with E-state index in [4.69, 9.17) is 10.5 Å². The summed E-state index contributed by atoms with van der Waals surface area (Å²) < 4.78 is 18.4. The molecule has 0 aliphatic carbocycles. The zero-order valence-electron chi connectivity index (χ0n) is 10.2. The minimum atomic E-state index is -0.575. The first-order valence-corrected chi connectivity index (χ1v) is 5.43. The van der Waals surface area contributed by atoms with E-state index >= 15 is 0 Å². The Morgan fingerprint density at radius 1 is 1.53 bits per heavy atom. The highest BCUT2D eigenvalue weighted by Crippen LogP contribution is 2.16. The molecule has 0 aromatic heterocycles. The summed E-state index contributed by atoms with van der Waals surface area (Å²) in [7, 11) is 3.34. The van der Waals surface area contributed by atoms with Gasteiger partial charge in [-0.15, -0.1) is 0 Å². The van der Waals surface area contributed by atoms with Crippen LogP contribution in [0, 0.1) is 5.82 Å². The predicted octanol–water partition coefficient (Wildman–Crippen LogP) is 0.847. The number of likely N-dealkylation sites (N-methyl/N-ethyl adjacent to an activating group) is 1. The fourth-order valence-corrected chi connectivity index (χ4v) is 1.68. The number of nitrogens with two attached hydrogens (primary N) is 1. The number of ether oxygens (including phenoxy) is 1. The number of aliphatic hydroxyl groups excluding tert-OH is 1. The van der Waals surface area contributed by atoms with Crippen LogP contribution in [-0.4, -0.2) is 43.4 Å². The first kappa shape index (κ1) is 13.9. The maximum Gasteiger partial charge on any atom is 0.150 e. The highest BCUT2D eigenvalue weighted by molar-refractivity contribution is 5.42. The van der Waals surface area contributed by atoms with Crippen molar-refractivity contribution in [2.75, 3.05) is 33.0 Å². The minimum absolute atomic E-state index is 0.147. The van der Waals surface area contributed by atoms with Crippen LogP contribution in [0.3, 0.4) is 0 Å². The van der Waals surface area contributed by atoms with E-state index in [0.29, 0.717) is 18.7 Å². The first-order chi connectivity index (χ1) is 8.04. The van der Waals surface area contributed by atoms with E-state index in [1.807, 2.05) is 11.9 Å². The van der Waals surface area contributed by atoms with Crippen molar-refractivity contribution in [3.8, 4) is 0 Å². The van der Waals surface area contributed by atoms with Crippen molar-refractivity contribution in [2.24, 2.45) is 0 Å². The molecule has 17 heavy (non-hydrogen) atoms.